The quantitative estimate of drug-likeness (QED) is 0.605. The first-order valence-electron chi connectivity index (χ1n) is 5.68. The van der Waals surface area contributed by atoms with E-state index < -0.39 is 30.1 Å². The van der Waals surface area contributed by atoms with Gasteiger partial charge in [-0.1, -0.05) is 6.07 Å². The summed E-state index contributed by atoms with van der Waals surface area (Å²) in [6.45, 7) is 0.134. The minimum absolute atomic E-state index is 0.00725. The molecule has 1 atom stereocenters. The minimum Gasteiger partial charge on any atom is -0.320 e. The number of imidazole rings is 1. The molecule has 0 aliphatic heterocycles. The van der Waals surface area contributed by atoms with Gasteiger partial charge in [-0.25, -0.2) is 18.2 Å². The molecule has 1 unspecified atom stereocenters. The summed E-state index contributed by atoms with van der Waals surface area (Å²) in [7, 11) is 0. The van der Waals surface area contributed by atoms with Crippen molar-refractivity contribution in [1.82, 2.24) is 9.55 Å². The maximum atomic E-state index is 13.6. The number of halogens is 6. The Kier molecular flexibility index (Phi) is 3.90. The molecular weight excluding hydrogens is 303 g/mol. The molecule has 0 fully saturated rings. The second kappa shape index (κ2) is 5.20. The van der Waals surface area contributed by atoms with E-state index in [0.717, 1.165) is 10.6 Å². The van der Waals surface area contributed by atoms with Crippen molar-refractivity contribution in [3.8, 4) is 0 Å². The summed E-state index contributed by atoms with van der Waals surface area (Å²) >= 11 is 5.80. The molecule has 0 bridgehead atoms. The van der Waals surface area contributed by atoms with E-state index in [2.05, 4.69) is 4.98 Å². The first kappa shape index (κ1) is 15.0. The summed E-state index contributed by atoms with van der Waals surface area (Å²) < 4.78 is 65.6. The highest BCUT2D eigenvalue weighted by Gasteiger charge is 2.42. The summed E-state index contributed by atoms with van der Waals surface area (Å²) in [5.74, 6) is -5.05. The van der Waals surface area contributed by atoms with E-state index in [4.69, 9.17) is 11.6 Å². The molecule has 0 radical (unpaired) electrons. The van der Waals surface area contributed by atoms with Crippen LogP contribution in [0, 0.1) is 5.82 Å². The first-order chi connectivity index (χ1) is 9.24. The molecule has 1 heterocycles. The van der Waals surface area contributed by atoms with Gasteiger partial charge in [0.1, 0.15) is 11.3 Å². The van der Waals surface area contributed by atoms with Crippen LogP contribution in [-0.4, -0.2) is 21.9 Å². The largest absolute Gasteiger partial charge is 0.324 e. The standard InChI is InChI=1S/C12H10ClF5N2/c1-6(13)10-19-9-7(14)3-2-4-8(9)20(10)5-12(17,18)11(15)16/h2-4,6,11H,5H2,1H3. The Hall–Kier alpha value is -1.37. The first-order valence-corrected chi connectivity index (χ1v) is 6.12. The number of para-hydroxylation sites is 1. The summed E-state index contributed by atoms with van der Waals surface area (Å²) in [6, 6.07) is 3.72. The molecule has 0 amide bonds. The maximum Gasteiger partial charge on any atom is 0.324 e. The molecule has 20 heavy (non-hydrogen) atoms. The second-order valence-electron chi connectivity index (χ2n) is 4.34. The number of fused-ring (bicyclic) bond motifs is 1. The van der Waals surface area contributed by atoms with Gasteiger partial charge in [0, 0.05) is 0 Å². The molecule has 2 nitrogen and oxygen atoms in total. The molecular formula is C12H10ClF5N2. The summed E-state index contributed by atoms with van der Waals surface area (Å²) in [5.41, 5.74) is -0.159. The summed E-state index contributed by atoms with van der Waals surface area (Å²) in [6.07, 6.45) is -3.83. The average molecular weight is 313 g/mol. The minimum atomic E-state index is -4.25. The Bertz CT molecular complexity index is 624. The lowest BCUT2D eigenvalue weighted by molar-refractivity contribution is -0.137. The molecule has 0 spiro atoms. The maximum absolute atomic E-state index is 13.6. The van der Waals surface area contributed by atoms with Crippen LogP contribution in [0.2, 0.25) is 0 Å². The van der Waals surface area contributed by atoms with Crippen molar-refractivity contribution in [2.45, 2.75) is 31.2 Å². The third-order valence-electron chi connectivity index (χ3n) is 2.80. The van der Waals surface area contributed by atoms with Crippen molar-refractivity contribution in [2.75, 3.05) is 0 Å². The number of nitrogens with zero attached hydrogens (tertiary/aromatic N) is 2. The Balaban J connectivity index is 2.61. The lowest BCUT2D eigenvalue weighted by Gasteiger charge is -2.18. The van der Waals surface area contributed by atoms with Gasteiger partial charge in [0.15, 0.2) is 5.82 Å². The molecule has 2 rings (SSSR count). The Morgan fingerprint density at radius 1 is 1.35 bits per heavy atom. The van der Waals surface area contributed by atoms with E-state index in [1.165, 1.54) is 19.1 Å². The van der Waals surface area contributed by atoms with Gasteiger partial charge in [0.05, 0.1) is 17.4 Å². The highest BCUT2D eigenvalue weighted by molar-refractivity contribution is 6.20. The van der Waals surface area contributed by atoms with E-state index in [-0.39, 0.29) is 16.9 Å². The van der Waals surface area contributed by atoms with Crippen LogP contribution in [0.4, 0.5) is 22.0 Å². The summed E-state index contributed by atoms with van der Waals surface area (Å²) in [4.78, 5) is 3.83. The van der Waals surface area contributed by atoms with E-state index in [1.807, 2.05) is 0 Å². The Morgan fingerprint density at radius 3 is 2.55 bits per heavy atom. The van der Waals surface area contributed by atoms with Crippen LogP contribution in [0.5, 0.6) is 0 Å². The van der Waals surface area contributed by atoms with E-state index in [1.54, 1.807) is 0 Å². The third-order valence-corrected chi connectivity index (χ3v) is 3.00. The second-order valence-corrected chi connectivity index (χ2v) is 5.00. The van der Waals surface area contributed by atoms with Crippen molar-refractivity contribution >= 4 is 22.6 Å². The molecule has 0 N–H and O–H groups in total. The third kappa shape index (κ3) is 2.59. The van der Waals surface area contributed by atoms with Gasteiger partial charge in [-0.15, -0.1) is 11.6 Å². The van der Waals surface area contributed by atoms with Crippen molar-refractivity contribution in [3.05, 3.63) is 29.8 Å². The highest BCUT2D eigenvalue weighted by atomic mass is 35.5. The van der Waals surface area contributed by atoms with Crippen LogP contribution in [0.25, 0.3) is 11.0 Å². The van der Waals surface area contributed by atoms with E-state index in [9.17, 15) is 22.0 Å². The van der Waals surface area contributed by atoms with Gasteiger partial charge >= 0.3 is 12.3 Å². The Morgan fingerprint density at radius 2 is 2.00 bits per heavy atom. The number of hydrogen-bond donors (Lipinski definition) is 0. The fourth-order valence-electron chi connectivity index (χ4n) is 1.88. The summed E-state index contributed by atoms with van der Waals surface area (Å²) in [5, 5.41) is -0.824. The lowest BCUT2D eigenvalue weighted by Crippen LogP contribution is -2.32. The van der Waals surface area contributed by atoms with Crippen LogP contribution in [-0.2, 0) is 6.54 Å². The zero-order valence-electron chi connectivity index (χ0n) is 10.3. The predicted octanol–water partition coefficient (Wildman–Crippen LogP) is 4.38. The molecule has 0 aliphatic carbocycles. The number of aromatic nitrogens is 2. The zero-order chi connectivity index (χ0) is 15.1. The number of hydrogen-bond acceptors (Lipinski definition) is 1. The monoisotopic (exact) mass is 312 g/mol. The van der Waals surface area contributed by atoms with Crippen LogP contribution in [0.1, 0.15) is 18.1 Å². The van der Waals surface area contributed by atoms with Crippen molar-refractivity contribution < 1.29 is 22.0 Å². The van der Waals surface area contributed by atoms with E-state index >= 15 is 0 Å². The number of benzene rings is 1. The molecule has 0 saturated carbocycles. The Labute approximate surface area is 116 Å². The molecule has 0 saturated heterocycles. The van der Waals surface area contributed by atoms with Crippen LogP contribution in [0.15, 0.2) is 18.2 Å². The predicted molar refractivity (Wildman–Crippen MR) is 64.9 cm³/mol. The topological polar surface area (TPSA) is 17.8 Å². The SMILES string of the molecule is CC(Cl)c1nc2c(F)cccc2n1CC(F)(F)C(F)F. The number of alkyl halides is 5. The van der Waals surface area contributed by atoms with E-state index in [0.29, 0.717) is 0 Å². The van der Waals surface area contributed by atoms with Crippen LogP contribution in [0.3, 0.4) is 0 Å². The zero-order valence-corrected chi connectivity index (χ0v) is 11.0. The molecule has 8 heteroatoms. The number of rotatable bonds is 4. The van der Waals surface area contributed by atoms with Gasteiger partial charge < -0.3 is 4.57 Å². The van der Waals surface area contributed by atoms with Gasteiger partial charge in [-0.2, -0.15) is 8.78 Å². The highest BCUT2D eigenvalue weighted by Crippen LogP contribution is 2.31. The lowest BCUT2D eigenvalue weighted by atomic mass is 10.3. The smallest absolute Gasteiger partial charge is 0.320 e. The molecule has 1 aromatic heterocycles. The van der Waals surface area contributed by atoms with Gasteiger partial charge in [-0.05, 0) is 19.1 Å². The fraction of sp³-hybridized carbons (Fsp3) is 0.417. The van der Waals surface area contributed by atoms with Gasteiger partial charge in [0.2, 0.25) is 0 Å². The fourth-order valence-corrected chi connectivity index (χ4v) is 2.05. The normalized spacial score (nSPS) is 14.2. The van der Waals surface area contributed by atoms with Crippen LogP contribution >= 0.6 is 11.6 Å². The van der Waals surface area contributed by atoms with Crippen molar-refractivity contribution in [1.29, 1.82) is 0 Å². The molecule has 0 aliphatic rings. The van der Waals surface area contributed by atoms with Crippen molar-refractivity contribution in [3.63, 3.8) is 0 Å². The van der Waals surface area contributed by atoms with Crippen molar-refractivity contribution in [2.24, 2.45) is 0 Å². The van der Waals surface area contributed by atoms with Crippen LogP contribution < -0.4 is 0 Å². The molecule has 2 aromatic rings. The molecule has 1 aromatic carbocycles. The average Bonchev–Trinajstić information content (AvgIpc) is 2.69. The molecule has 110 valence electrons. The van der Waals surface area contributed by atoms with Gasteiger partial charge in [-0.3, -0.25) is 0 Å². The van der Waals surface area contributed by atoms with Gasteiger partial charge in [0.25, 0.3) is 0 Å².